The highest BCUT2D eigenvalue weighted by molar-refractivity contribution is 7.71. The van der Waals surface area contributed by atoms with Gasteiger partial charge in [0, 0.05) is 11.6 Å². The molecular formula is C22H33N5O2S+2. The molecule has 0 radical (unpaired) electrons. The summed E-state index contributed by atoms with van der Waals surface area (Å²) in [4.78, 5) is 15.2. The number of benzene rings is 1. The molecule has 0 bridgehead atoms. The van der Waals surface area contributed by atoms with E-state index < -0.39 is 0 Å². The van der Waals surface area contributed by atoms with E-state index in [0.717, 1.165) is 44.6 Å². The summed E-state index contributed by atoms with van der Waals surface area (Å²) in [5.74, 6) is 0.762. The predicted octanol–water partition coefficient (Wildman–Crippen LogP) is 0.190. The quantitative estimate of drug-likeness (QED) is 0.571. The monoisotopic (exact) mass is 431 g/mol. The molecule has 1 saturated carbocycles. The maximum absolute atomic E-state index is 12.0. The first-order valence-corrected chi connectivity index (χ1v) is 11.3. The van der Waals surface area contributed by atoms with Crippen molar-refractivity contribution in [3.05, 3.63) is 34.7 Å². The highest BCUT2D eigenvalue weighted by Gasteiger charge is 2.28. The summed E-state index contributed by atoms with van der Waals surface area (Å²) in [6.45, 7) is 11.8. The van der Waals surface area contributed by atoms with Crippen LogP contribution in [0.15, 0.2) is 28.7 Å². The van der Waals surface area contributed by atoms with Crippen molar-refractivity contribution in [3.8, 4) is 11.5 Å². The fraction of sp³-hybridized carbons (Fsp3) is 0.591. The maximum atomic E-state index is 12.0. The van der Waals surface area contributed by atoms with Gasteiger partial charge in [-0.05, 0) is 48.2 Å². The molecule has 1 aromatic carbocycles. The molecule has 0 unspecified atom stereocenters. The molecule has 2 aromatic rings. The lowest BCUT2D eigenvalue weighted by Crippen LogP contribution is -3.28. The summed E-state index contributed by atoms with van der Waals surface area (Å²) in [5.41, 5.74) is 2.34. The van der Waals surface area contributed by atoms with E-state index in [2.05, 4.69) is 43.3 Å². The van der Waals surface area contributed by atoms with Gasteiger partial charge in [-0.2, -0.15) is 4.68 Å². The molecule has 1 aliphatic heterocycles. The average Bonchev–Trinajstić information content (AvgIpc) is 3.44. The van der Waals surface area contributed by atoms with E-state index in [9.17, 15) is 4.79 Å². The Morgan fingerprint density at radius 1 is 1.17 bits per heavy atom. The predicted molar refractivity (Wildman–Crippen MR) is 117 cm³/mol. The molecule has 1 amide bonds. The number of carbonyl (C=O) groups excluding carboxylic acids is 1. The summed E-state index contributed by atoms with van der Waals surface area (Å²) in [6.07, 6.45) is 2.28. The molecular weight excluding hydrogens is 398 g/mol. The van der Waals surface area contributed by atoms with Gasteiger partial charge < -0.3 is 19.5 Å². The normalized spacial score (nSPS) is 22.1. The van der Waals surface area contributed by atoms with Crippen LogP contribution in [0.25, 0.3) is 11.5 Å². The van der Waals surface area contributed by atoms with Gasteiger partial charge in [0.2, 0.25) is 5.89 Å². The van der Waals surface area contributed by atoms with Crippen LogP contribution in [-0.2, 0) is 16.9 Å². The summed E-state index contributed by atoms with van der Waals surface area (Å²) < 4.78 is 7.57. The highest BCUT2D eigenvalue weighted by atomic mass is 32.1. The highest BCUT2D eigenvalue weighted by Crippen LogP contribution is 2.25. The number of hydrogen-bond acceptors (Lipinski definition) is 4. The number of piperazine rings is 1. The van der Waals surface area contributed by atoms with Gasteiger partial charge in [-0.15, -0.1) is 5.10 Å². The van der Waals surface area contributed by atoms with E-state index >= 15 is 0 Å². The minimum absolute atomic E-state index is 0.115. The van der Waals surface area contributed by atoms with E-state index in [4.69, 9.17) is 16.6 Å². The van der Waals surface area contributed by atoms with Gasteiger partial charge in [-0.1, -0.05) is 32.9 Å². The smallest absolute Gasteiger partial charge is 0.292 e. The van der Waals surface area contributed by atoms with E-state index in [1.54, 1.807) is 4.68 Å². The van der Waals surface area contributed by atoms with Crippen LogP contribution in [0.4, 0.5) is 0 Å². The Bertz CT molecular complexity index is 932. The third-order valence-electron chi connectivity index (χ3n) is 5.99. The van der Waals surface area contributed by atoms with Crippen LogP contribution in [-0.4, -0.2) is 54.5 Å². The van der Waals surface area contributed by atoms with Gasteiger partial charge in [-0.25, -0.2) is 0 Å². The first-order chi connectivity index (χ1) is 14.3. The number of amides is 1. The maximum Gasteiger partial charge on any atom is 0.292 e. The molecule has 2 heterocycles. The SMILES string of the molecule is CC(C)(C)c1ccc(-c2nn(C[NH+]3CC[NH+](CC(=O)NC4CC4)CC3)c(=S)o2)cc1. The van der Waals surface area contributed by atoms with Crippen LogP contribution in [0.1, 0.15) is 39.2 Å². The lowest BCUT2D eigenvalue weighted by molar-refractivity contribution is -1.02. The van der Waals surface area contributed by atoms with Crippen LogP contribution >= 0.6 is 12.2 Å². The second kappa shape index (κ2) is 8.61. The summed E-state index contributed by atoms with van der Waals surface area (Å²) >= 11 is 5.41. The molecule has 0 atom stereocenters. The molecule has 8 heteroatoms. The van der Waals surface area contributed by atoms with E-state index in [-0.39, 0.29) is 11.3 Å². The van der Waals surface area contributed by atoms with Crippen LogP contribution < -0.4 is 15.1 Å². The topological polar surface area (TPSA) is 68.9 Å². The second-order valence-corrected chi connectivity index (χ2v) is 10.0. The Labute approximate surface area is 183 Å². The molecule has 30 heavy (non-hydrogen) atoms. The Kier molecular flexibility index (Phi) is 6.09. The fourth-order valence-electron chi connectivity index (χ4n) is 3.87. The van der Waals surface area contributed by atoms with Crippen molar-refractivity contribution in [1.29, 1.82) is 0 Å². The van der Waals surface area contributed by atoms with Crippen molar-refractivity contribution in [3.63, 3.8) is 0 Å². The number of hydrogen-bond donors (Lipinski definition) is 3. The molecule has 7 nitrogen and oxygen atoms in total. The van der Waals surface area contributed by atoms with Crippen LogP contribution in [0, 0.1) is 4.84 Å². The number of carbonyl (C=O) groups is 1. The molecule has 2 aliphatic rings. The summed E-state index contributed by atoms with van der Waals surface area (Å²) in [6, 6.07) is 8.79. The van der Waals surface area contributed by atoms with Crippen LogP contribution in [0.2, 0.25) is 0 Å². The van der Waals surface area contributed by atoms with Gasteiger partial charge in [0.05, 0.1) is 0 Å². The number of nitrogens with zero attached hydrogens (tertiary/aromatic N) is 2. The molecule has 1 saturated heterocycles. The molecule has 4 rings (SSSR count). The van der Waals surface area contributed by atoms with Crippen LogP contribution in [0.3, 0.4) is 0 Å². The third-order valence-corrected chi connectivity index (χ3v) is 6.29. The minimum atomic E-state index is 0.115. The zero-order chi connectivity index (χ0) is 21.3. The zero-order valence-corrected chi connectivity index (χ0v) is 19.0. The van der Waals surface area contributed by atoms with Gasteiger partial charge in [0.1, 0.15) is 26.2 Å². The standard InChI is InChI=1S/C22H31N5O2S/c1-22(2,3)17-6-4-16(5-7-17)20-24-27(21(30)29-20)15-26-12-10-25(11-13-26)14-19(28)23-18-8-9-18/h4-7,18H,8-15H2,1-3H3,(H,23,28)/p+2. The van der Waals surface area contributed by atoms with Crippen molar-refractivity contribution >= 4 is 18.1 Å². The Morgan fingerprint density at radius 3 is 2.40 bits per heavy atom. The van der Waals surface area contributed by atoms with E-state index in [1.807, 2.05) is 12.1 Å². The third kappa shape index (κ3) is 5.36. The Hall–Kier alpha value is -2.03. The van der Waals surface area contributed by atoms with E-state index in [0.29, 0.717) is 30.0 Å². The number of aromatic nitrogens is 2. The molecule has 3 N–H and O–H groups in total. The molecule has 1 aliphatic carbocycles. The summed E-state index contributed by atoms with van der Waals surface area (Å²) in [7, 11) is 0. The largest absolute Gasteiger partial charge is 0.409 e. The van der Waals surface area contributed by atoms with Crippen molar-refractivity contribution < 1.29 is 19.0 Å². The fourth-order valence-corrected chi connectivity index (χ4v) is 4.06. The van der Waals surface area contributed by atoms with Gasteiger partial charge in [-0.3, -0.25) is 4.79 Å². The number of rotatable bonds is 6. The van der Waals surface area contributed by atoms with Crippen LogP contribution in [0.5, 0.6) is 0 Å². The van der Waals surface area contributed by atoms with Crippen molar-refractivity contribution in [1.82, 2.24) is 15.1 Å². The first kappa shape index (κ1) is 21.2. The van der Waals surface area contributed by atoms with Crippen molar-refractivity contribution in [2.75, 3.05) is 32.7 Å². The Balaban J connectivity index is 1.32. The average molecular weight is 432 g/mol. The molecule has 2 fully saturated rings. The van der Waals surface area contributed by atoms with Crippen molar-refractivity contribution in [2.45, 2.75) is 51.7 Å². The Morgan fingerprint density at radius 2 is 1.80 bits per heavy atom. The van der Waals surface area contributed by atoms with Gasteiger partial charge in [0.25, 0.3) is 10.7 Å². The first-order valence-electron chi connectivity index (χ1n) is 10.9. The summed E-state index contributed by atoms with van der Waals surface area (Å²) in [5, 5.41) is 7.71. The number of nitrogens with one attached hydrogen (secondary N) is 3. The van der Waals surface area contributed by atoms with Crippen molar-refractivity contribution in [2.24, 2.45) is 0 Å². The lowest BCUT2D eigenvalue weighted by Gasteiger charge is -2.28. The molecule has 162 valence electrons. The molecule has 1 aromatic heterocycles. The van der Waals surface area contributed by atoms with Gasteiger partial charge in [0.15, 0.2) is 13.2 Å². The van der Waals surface area contributed by atoms with E-state index in [1.165, 1.54) is 15.4 Å². The second-order valence-electron chi connectivity index (χ2n) is 9.68. The molecule has 0 spiro atoms. The lowest BCUT2D eigenvalue weighted by atomic mass is 9.87. The minimum Gasteiger partial charge on any atom is -0.409 e. The zero-order valence-electron chi connectivity index (χ0n) is 18.2. The van der Waals surface area contributed by atoms with Gasteiger partial charge >= 0.3 is 0 Å². The number of quaternary nitrogens is 2.